The lowest BCUT2D eigenvalue weighted by Crippen LogP contribution is -2.16. The number of benzene rings is 1. The highest BCUT2D eigenvalue weighted by Gasteiger charge is 2.11. The molecule has 0 fully saturated rings. The molecule has 2 heterocycles. The monoisotopic (exact) mass is 339 g/mol. The van der Waals surface area contributed by atoms with E-state index in [1.807, 2.05) is 36.7 Å². The molecule has 0 saturated heterocycles. The van der Waals surface area contributed by atoms with Crippen LogP contribution in [-0.4, -0.2) is 37.0 Å². The van der Waals surface area contributed by atoms with E-state index in [9.17, 15) is 4.79 Å². The molecule has 2 aromatic heterocycles. The fourth-order valence-electron chi connectivity index (χ4n) is 2.63. The zero-order valence-electron chi connectivity index (χ0n) is 14.3. The number of carbonyl (C=O) groups excluding carboxylic acids is 1. The Labute approximate surface area is 145 Å². The maximum absolute atomic E-state index is 12.4. The summed E-state index contributed by atoms with van der Waals surface area (Å²) in [6.07, 6.45) is 3.70. The van der Waals surface area contributed by atoms with Crippen LogP contribution in [-0.2, 0) is 13.1 Å². The van der Waals surface area contributed by atoms with Crippen LogP contribution in [0, 0.1) is 13.8 Å². The summed E-state index contributed by atoms with van der Waals surface area (Å²) in [6, 6.07) is 9.26. The Bertz CT molecular complexity index is 864. The number of carbonyl (C=O) groups is 1. The molecule has 7 nitrogen and oxygen atoms in total. The molecule has 0 aliphatic heterocycles. The van der Waals surface area contributed by atoms with Crippen molar-refractivity contribution in [2.24, 2.45) is 0 Å². The average Bonchev–Trinajstić information content (AvgIpc) is 3.14. The van der Waals surface area contributed by atoms with Crippen molar-refractivity contribution in [3.05, 3.63) is 65.4 Å². The maximum atomic E-state index is 12.4. The van der Waals surface area contributed by atoms with Crippen LogP contribution in [0.25, 0.3) is 0 Å². The van der Waals surface area contributed by atoms with E-state index in [2.05, 4.69) is 15.4 Å². The van der Waals surface area contributed by atoms with Crippen LogP contribution in [0.3, 0.4) is 0 Å². The van der Waals surface area contributed by atoms with Crippen LogP contribution in [0.2, 0.25) is 0 Å². The number of nitrogens with zero attached hydrogens (tertiary/aromatic N) is 4. The number of rotatable bonds is 6. The molecule has 3 aromatic rings. The largest absolute Gasteiger partial charge is 0.394 e. The summed E-state index contributed by atoms with van der Waals surface area (Å²) in [5.74, 6) is 1.33. The van der Waals surface area contributed by atoms with Crippen molar-refractivity contribution in [2.75, 3.05) is 11.9 Å². The second-order valence-corrected chi connectivity index (χ2v) is 5.87. The van der Waals surface area contributed by atoms with Gasteiger partial charge in [-0.1, -0.05) is 12.1 Å². The minimum Gasteiger partial charge on any atom is -0.394 e. The van der Waals surface area contributed by atoms with Gasteiger partial charge in [-0.25, -0.2) is 9.67 Å². The standard InChI is InChI=1S/C18H21N5O2/c1-13-11-17(23(21-13)9-10-24)20-18(25)16-5-3-15(4-6-16)12-22-8-7-19-14(22)2/h3-8,11,24H,9-10,12H2,1-2H3,(H,20,25). The summed E-state index contributed by atoms with van der Waals surface area (Å²) >= 11 is 0. The van der Waals surface area contributed by atoms with E-state index in [0.717, 1.165) is 23.6 Å². The Balaban J connectivity index is 1.69. The van der Waals surface area contributed by atoms with Gasteiger partial charge in [-0.2, -0.15) is 5.10 Å². The summed E-state index contributed by atoms with van der Waals surface area (Å²) in [5.41, 5.74) is 2.45. The zero-order valence-corrected chi connectivity index (χ0v) is 14.3. The molecule has 0 saturated carbocycles. The number of hydrogen-bond donors (Lipinski definition) is 2. The van der Waals surface area contributed by atoms with Crippen molar-refractivity contribution in [3.63, 3.8) is 0 Å². The third-order valence-electron chi connectivity index (χ3n) is 3.95. The van der Waals surface area contributed by atoms with E-state index in [0.29, 0.717) is 17.9 Å². The summed E-state index contributed by atoms with van der Waals surface area (Å²) in [7, 11) is 0. The summed E-state index contributed by atoms with van der Waals surface area (Å²) in [5, 5.41) is 16.2. The van der Waals surface area contributed by atoms with Crippen molar-refractivity contribution < 1.29 is 9.90 Å². The molecule has 1 aromatic carbocycles. The van der Waals surface area contributed by atoms with Gasteiger partial charge in [0.1, 0.15) is 11.6 Å². The van der Waals surface area contributed by atoms with Gasteiger partial charge in [-0.15, -0.1) is 0 Å². The Morgan fingerprint density at radius 1 is 1.24 bits per heavy atom. The number of imidazole rings is 1. The molecule has 130 valence electrons. The van der Waals surface area contributed by atoms with Gasteiger partial charge >= 0.3 is 0 Å². The number of amides is 1. The second kappa shape index (κ2) is 7.31. The number of hydrogen-bond acceptors (Lipinski definition) is 4. The van der Waals surface area contributed by atoms with E-state index in [1.165, 1.54) is 0 Å². The Hall–Kier alpha value is -2.93. The number of aryl methyl sites for hydroxylation is 2. The van der Waals surface area contributed by atoms with Gasteiger partial charge in [0.05, 0.1) is 18.8 Å². The van der Waals surface area contributed by atoms with Crippen molar-refractivity contribution in [2.45, 2.75) is 26.9 Å². The minimum absolute atomic E-state index is 0.0354. The van der Waals surface area contributed by atoms with Gasteiger partial charge in [0, 0.05) is 30.6 Å². The van der Waals surface area contributed by atoms with Gasteiger partial charge in [0.15, 0.2) is 0 Å². The molecule has 0 bridgehead atoms. The van der Waals surface area contributed by atoms with E-state index >= 15 is 0 Å². The van der Waals surface area contributed by atoms with Gasteiger partial charge in [-0.3, -0.25) is 4.79 Å². The van der Waals surface area contributed by atoms with Gasteiger partial charge in [0.25, 0.3) is 5.91 Å². The third-order valence-corrected chi connectivity index (χ3v) is 3.95. The van der Waals surface area contributed by atoms with Gasteiger partial charge < -0.3 is 15.0 Å². The number of aliphatic hydroxyl groups excluding tert-OH is 1. The lowest BCUT2D eigenvalue weighted by molar-refractivity contribution is 0.102. The smallest absolute Gasteiger partial charge is 0.256 e. The molecule has 7 heteroatoms. The highest BCUT2D eigenvalue weighted by molar-refractivity contribution is 6.03. The fraction of sp³-hybridized carbons (Fsp3) is 0.278. The first-order valence-corrected chi connectivity index (χ1v) is 8.10. The van der Waals surface area contributed by atoms with Crippen molar-refractivity contribution in [1.29, 1.82) is 0 Å². The first-order valence-electron chi connectivity index (χ1n) is 8.10. The molecular formula is C18H21N5O2. The molecule has 0 radical (unpaired) electrons. The quantitative estimate of drug-likeness (QED) is 0.719. The highest BCUT2D eigenvalue weighted by atomic mass is 16.3. The first kappa shape index (κ1) is 16.9. The topological polar surface area (TPSA) is 85.0 Å². The fourth-order valence-corrected chi connectivity index (χ4v) is 2.63. The number of anilines is 1. The lowest BCUT2D eigenvalue weighted by atomic mass is 10.1. The van der Waals surface area contributed by atoms with Crippen LogP contribution in [0.15, 0.2) is 42.7 Å². The number of nitrogens with one attached hydrogen (secondary N) is 1. The Morgan fingerprint density at radius 2 is 2.00 bits per heavy atom. The van der Waals surface area contributed by atoms with Crippen molar-refractivity contribution >= 4 is 11.7 Å². The lowest BCUT2D eigenvalue weighted by Gasteiger charge is -2.09. The van der Waals surface area contributed by atoms with E-state index in [-0.39, 0.29) is 12.5 Å². The predicted molar refractivity (Wildman–Crippen MR) is 94.5 cm³/mol. The molecule has 0 spiro atoms. The third kappa shape index (κ3) is 3.95. The van der Waals surface area contributed by atoms with Crippen LogP contribution in [0.5, 0.6) is 0 Å². The Kier molecular flexibility index (Phi) is 4.95. The molecule has 2 N–H and O–H groups in total. The van der Waals surface area contributed by atoms with Crippen LogP contribution < -0.4 is 5.32 Å². The minimum atomic E-state index is -0.204. The van der Waals surface area contributed by atoms with E-state index in [4.69, 9.17) is 5.11 Å². The highest BCUT2D eigenvalue weighted by Crippen LogP contribution is 2.13. The van der Waals surface area contributed by atoms with Crippen LogP contribution in [0.4, 0.5) is 5.82 Å². The molecule has 0 aliphatic rings. The number of aliphatic hydroxyl groups is 1. The molecular weight excluding hydrogens is 318 g/mol. The predicted octanol–water partition coefficient (Wildman–Crippen LogP) is 1.99. The van der Waals surface area contributed by atoms with E-state index < -0.39 is 0 Å². The normalized spacial score (nSPS) is 10.8. The molecule has 0 aliphatic carbocycles. The first-order chi connectivity index (χ1) is 12.1. The number of aromatic nitrogens is 4. The van der Waals surface area contributed by atoms with Crippen LogP contribution >= 0.6 is 0 Å². The zero-order chi connectivity index (χ0) is 17.8. The second-order valence-electron chi connectivity index (χ2n) is 5.87. The summed E-state index contributed by atoms with van der Waals surface area (Å²) in [4.78, 5) is 16.6. The van der Waals surface area contributed by atoms with Gasteiger partial charge in [0.2, 0.25) is 0 Å². The van der Waals surface area contributed by atoms with Crippen molar-refractivity contribution in [1.82, 2.24) is 19.3 Å². The average molecular weight is 339 g/mol. The summed E-state index contributed by atoms with van der Waals surface area (Å²) < 4.78 is 3.63. The summed E-state index contributed by atoms with van der Waals surface area (Å²) in [6.45, 7) is 4.82. The van der Waals surface area contributed by atoms with Crippen molar-refractivity contribution in [3.8, 4) is 0 Å². The maximum Gasteiger partial charge on any atom is 0.256 e. The van der Waals surface area contributed by atoms with E-state index in [1.54, 1.807) is 29.1 Å². The molecule has 25 heavy (non-hydrogen) atoms. The van der Waals surface area contributed by atoms with Crippen LogP contribution in [0.1, 0.15) is 27.4 Å². The van der Waals surface area contributed by atoms with Gasteiger partial charge in [-0.05, 0) is 31.5 Å². The SMILES string of the molecule is Cc1cc(NC(=O)c2ccc(Cn3ccnc3C)cc2)n(CCO)n1. The Morgan fingerprint density at radius 3 is 2.64 bits per heavy atom. The molecule has 3 rings (SSSR count). The molecule has 1 amide bonds. The molecule has 0 unspecified atom stereocenters. The molecule has 0 atom stereocenters.